The zero-order valence-electron chi connectivity index (χ0n) is 15.2. The number of fused-ring (bicyclic) bond motifs is 1. The fourth-order valence-electron chi connectivity index (χ4n) is 2.91. The van der Waals surface area contributed by atoms with Crippen LogP contribution < -0.4 is 14.2 Å². The summed E-state index contributed by atoms with van der Waals surface area (Å²) in [5, 5.41) is 2.05. The smallest absolute Gasteiger partial charge is 0.341 e. The lowest BCUT2D eigenvalue weighted by Crippen LogP contribution is -2.04. The fourth-order valence-corrected chi connectivity index (χ4v) is 2.91. The number of benzene rings is 3. The van der Waals surface area contributed by atoms with Crippen LogP contribution in [0, 0.1) is 0 Å². The van der Waals surface area contributed by atoms with E-state index in [1.54, 1.807) is 26.4 Å². The molecule has 134 valence electrons. The lowest BCUT2D eigenvalue weighted by atomic mass is 9.99. The maximum absolute atomic E-state index is 12.0. The molecule has 5 heteroatoms. The van der Waals surface area contributed by atoms with E-state index in [9.17, 15) is 4.79 Å². The van der Waals surface area contributed by atoms with Crippen molar-refractivity contribution in [3.8, 4) is 28.4 Å². The first-order valence-electron chi connectivity index (χ1n) is 8.03. The fraction of sp³-hybridized carbons (Fsp3) is 0.190. The minimum atomic E-state index is -0.434. The number of hydrogen-bond donors (Lipinski definition) is 0. The van der Waals surface area contributed by atoms with Gasteiger partial charge in [0.1, 0.15) is 11.3 Å². The highest BCUT2D eigenvalue weighted by Gasteiger charge is 2.14. The van der Waals surface area contributed by atoms with Gasteiger partial charge in [-0.05, 0) is 52.2 Å². The number of rotatable bonds is 5. The first-order chi connectivity index (χ1) is 12.6. The molecule has 0 aromatic heterocycles. The highest BCUT2D eigenvalue weighted by molar-refractivity contribution is 5.95. The molecule has 0 radical (unpaired) electrons. The van der Waals surface area contributed by atoms with Gasteiger partial charge in [0.2, 0.25) is 0 Å². The molecule has 5 nitrogen and oxygen atoms in total. The van der Waals surface area contributed by atoms with E-state index < -0.39 is 5.97 Å². The van der Waals surface area contributed by atoms with Crippen molar-refractivity contribution >= 4 is 16.7 Å². The molecule has 26 heavy (non-hydrogen) atoms. The van der Waals surface area contributed by atoms with E-state index in [1.165, 1.54) is 14.2 Å². The summed E-state index contributed by atoms with van der Waals surface area (Å²) in [5.41, 5.74) is 2.25. The van der Waals surface area contributed by atoms with E-state index in [2.05, 4.69) is 0 Å². The van der Waals surface area contributed by atoms with Gasteiger partial charge in [-0.15, -0.1) is 0 Å². The summed E-state index contributed by atoms with van der Waals surface area (Å²) in [5.74, 6) is 1.40. The lowest BCUT2D eigenvalue weighted by molar-refractivity contribution is 0.0597. The molecule has 3 rings (SSSR count). The third-order valence-electron chi connectivity index (χ3n) is 4.28. The molecule has 0 N–H and O–H groups in total. The van der Waals surface area contributed by atoms with Gasteiger partial charge in [-0.2, -0.15) is 0 Å². The van der Waals surface area contributed by atoms with Crippen LogP contribution in [-0.4, -0.2) is 34.4 Å². The first kappa shape index (κ1) is 17.6. The van der Waals surface area contributed by atoms with E-state index in [0.717, 1.165) is 21.9 Å². The van der Waals surface area contributed by atoms with Crippen molar-refractivity contribution in [2.24, 2.45) is 0 Å². The maximum Gasteiger partial charge on any atom is 0.341 e. The summed E-state index contributed by atoms with van der Waals surface area (Å²) >= 11 is 0. The molecule has 0 spiro atoms. The van der Waals surface area contributed by atoms with Gasteiger partial charge in [-0.25, -0.2) is 4.79 Å². The predicted molar refractivity (Wildman–Crippen MR) is 100 cm³/mol. The number of carbonyl (C=O) groups is 1. The average molecular weight is 352 g/mol. The quantitative estimate of drug-likeness (QED) is 0.640. The van der Waals surface area contributed by atoms with Gasteiger partial charge < -0.3 is 18.9 Å². The molecule has 3 aromatic carbocycles. The highest BCUT2D eigenvalue weighted by Crippen LogP contribution is 2.35. The molecule has 0 saturated carbocycles. The van der Waals surface area contributed by atoms with E-state index >= 15 is 0 Å². The zero-order chi connectivity index (χ0) is 18.7. The van der Waals surface area contributed by atoms with Crippen molar-refractivity contribution in [1.29, 1.82) is 0 Å². The maximum atomic E-state index is 12.0. The molecular weight excluding hydrogens is 332 g/mol. The van der Waals surface area contributed by atoms with E-state index in [-0.39, 0.29) is 0 Å². The van der Waals surface area contributed by atoms with Gasteiger partial charge in [0.25, 0.3) is 0 Å². The minimum Gasteiger partial charge on any atom is -0.496 e. The average Bonchev–Trinajstić information content (AvgIpc) is 2.71. The number of methoxy groups -OCH3 is 4. The van der Waals surface area contributed by atoms with Crippen LogP contribution in [0.5, 0.6) is 17.2 Å². The Morgan fingerprint density at radius 3 is 1.85 bits per heavy atom. The Bertz CT molecular complexity index is 962. The second kappa shape index (κ2) is 7.35. The van der Waals surface area contributed by atoms with Gasteiger partial charge in [-0.1, -0.05) is 18.2 Å². The summed E-state index contributed by atoms with van der Waals surface area (Å²) in [6.07, 6.45) is 0. The minimum absolute atomic E-state index is 0.389. The first-order valence-corrected chi connectivity index (χ1v) is 8.03. The summed E-state index contributed by atoms with van der Waals surface area (Å²) in [7, 11) is 6.10. The molecule has 0 aliphatic heterocycles. The second-order valence-electron chi connectivity index (χ2n) is 5.68. The van der Waals surface area contributed by atoms with Crippen LogP contribution in [-0.2, 0) is 4.74 Å². The third-order valence-corrected chi connectivity index (χ3v) is 4.28. The van der Waals surface area contributed by atoms with Crippen molar-refractivity contribution in [1.82, 2.24) is 0 Å². The topological polar surface area (TPSA) is 54.0 Å². The molecule has 0 aliphatic rings. The largest absolute Gasteiger partial charge is 0.496 e. The highest BCUT2D eigenvalue weighted by atomic mass is 16.5. The van der Waals surface area contributed by atoms with Crippen LogP contribution in [0.3, 0.4) is 0 Å². The summed E-state index contributed by atoms with van der Waals surface area (Å²) in [6, 6.07) is 15.4. The summed E-state index contributed by atoms with van der Waals surface area (Å²) < 4.78 is 20.8. The zero-order valence-corrected chi connectivity index (χ0v) is 15.2. The molecule has 3 aromatic rings. The standard InChI is InChI=1S/C21H20O5/c1-23-18-8-7-14(10-17(18)21(22)26-4)13-5-6-15-11-19(24-2)20(25-3)12-16(15)9-13/h5-12H,1-4H3. The van der Waals surface area contributed by atoms with Gasteiger partial charge in [0.05, 0.1) is 28.4 Å². The third kappa shape index (κ3) is 3.16. The molecule has 0 unspecified atom stereocenters. The van der Waals surface area contributed by atoms with Crippen LogP contribution in [0.15, 0.2) is 48.5 Å². The summed E-state index contributed by atoms with van der Waals surface area (Å²) in [6.45, 7) is 0. The Labute approximate surface area is 152 Å². The van der Waals surface area contributed by atoms with Crippen LogP contribution in [0.1, 0.15) is 10.4 Å². The summed E-state index contributed by atoms with van der Waals surface area (Å²) in [4.78, 5) is 12.0. The van der Waals surface area contributed by atoms with Crippen molar-refractivity contribution in [3.05, 3.63) is 54.1 Å². The molecular formula is C21H20O5. The van der Waals surface area contributed by atoms with Crippen molar-refractivity contribution < 1.29 is 23.7 Å². The Hall–Kier alpha value is -3.21. The van der Waals surface area contributed by atoms with Gasteiger partial charge in [0.15, 0.2) is 11.5 Å². The number of ether oxygens (including phenoxy) is 4. The molecule has 0 atom stereocenters. The lowest BCUT2D eigenvalue weighted by Gasteiger charge is -2.12. The Balaban J connectivity index is 2.12. The van der Waals surface area contributed by atoms with E-state index in [4.69, 9.17) is 18.9 Å². The monoisotopic (exact) mass is 352 g/mol. The molecule has 0 fully saturated rings. The van der Waals surface area contributed by atoms with Crippen LogP contribution in [0.25, 0.3) is 21.9 Å². The normalized spacial score (nSPS) is 10.5. The second-order valence-corrected chi connectivity index (χ2v) is 5.68. The van der Waals surface area contributed by atoms with Crippen LogP contribution in [0.2, 0.25) is 0 Å². The van der Waals surface area contributed by atoms with Crippen molar-refractivity contribution in [2.75, 3.05) is 28.4 Å². The molecule has 0 saturated heterocycles. The van der Waals surface area contributed by atoms with Crippen molar-refractivity contribution in [2.45, 2.75) is 0 Å². The van der Waals surface area contributed by atoms with Crippen LogP contribution in [0.4, 0.5) is 0 Å². The predicted octanol–water partition coefficient (Wildman–Crippen LogP) is 4.32. The van der Waals surface area contributed by atoms with Gasteiger partial charge in [0, 0.05) is 0 Å². The Morgan fingerprint density at radius 2 is 1.23 bits per heavy atom. The number of hydrogen-bond acceptors (Lipinski definition) is 5. The molecule has 0 aliphatic carbocycles. The SMILES string of the molecule is COC(=O)c1cc(-c2ccc3cc(OC)c(OC)cc3c2)ccc1OC. The van der Waals surface area contributed by atoms with Crippen molar-refractivity contribution in [3.63, 3.8) is 0 Å². The molecule has 0 heterocycles. The van der Waals surface area contributed by atoms with Gasteiger partial charge in [-0.3, -0.25) is 0 Å². The number of esters is 1. The molecule has 0 amide bonds. The Morgan fingerprint density at radius 1 is 0.654 bits per heavy atom. The number of carbonyl (C=O) groups excluding carboxylic acids is 1. The van der Waals surface area contributed by atoms with E-state index in [1.807, 2.05) is 36.4 Å². The Kier molecular flexibility index (Phi) is 4.98. The molecule has 0 bridgehead atoms. The van der Waals surface area contributed by atoms with Crippen LogP contribution >= 0.6 is 0 Å². The van der Waals surface area contributed by atoms with Gasteiger partial charge >= 0.3 is 5.97 Å². The van der Waals surface area contributed by atoms with E-state index in [0.29, 0.717) is 22.8 Å².